The van der Waals surface area contributed by atoms with E-state index in [0.29, 0.717) is 41.2 Å². The molecule has 1 amide bonds. The minimum absolute atomic E-state index is 0.274. The molecule has 3 heterocycles. The number of nitrogen functional groups attached to an aromatic ring is 1. The Labute approximate surface area is 188 Å². The number of para-hydroxylation sites is 3. The molecular weight excluding hydrogens is 422 g/mol. The third-order valence-electron chi connectivity index (χ3n) is 5.34. The van der Waals surface area contributed by atoms with Crippen molar-refractivity contribution < 1.29 is 9.53 Å². The number of methoxy groups -OCH3 is 1. The van der Waals surface area contributed by atoms with Gasteiger partial charge in [-0.3, -0.25) is 4.79 Å². The summed E-state index contributed by atoms with van der Waals surface area (Å²) in [6, 6.07) is 19.2. The highest BCUT2D eigenvalue weighted by Crippen LogP contribution is 2.30. The lowest BCUT2D eigenvalue weighted by atomic mass is 10.2. The van der Waals surface area contributed by atoms with Crippen LogP contribution in [0.1, 0.15) is 20.8 Å². The average molecular weight is 444 g/mol. The summed E-state index contributed by atoms with van der Waals surface area (Å²) in [5, 5.41) is 4.95. The molecule has 0 saturated heterocycles. The highest BCUT2D eigenvalue weighted by atomic mass is 32.1. The maximum atomic E-state index is 13.2. The van der Waals surface area contributed by atoms with E-state index in [4.69, 9.17) is 20.4 Å². The fourth-order valence-corrected chi connectivity index (χ4v) is 4.42. The topological polar surface area (TPSA) is 95.1 Å². The second-order valence-electron chi connectivity index (χ2n) is 7.30. The van der Waals surface area contributed by atoms with E-state index in [1.165, 1.54) is 0 Å². The number of anilines is 1. The maximum absolute atomic E-state index is 13.2. The quantitative estimate of drug-likeness (QED) is 0.410. The highest BCUT2D eigenvalue weighted by molar-refractivity contribution is 7.09. The lowest BCUT2D eigenvalue weighted by Gasteiger charge is -2.11. The van der Waals surface area contributed by atoms with Gasteiger partial charge < -0.3 is 20.4 Å². The summed E-state index contributed by atoms with van der Waals surface area (Å²) in [5.74, 6) is 0.792. The smallest absolute Gasteiger partial charge is 0.257 e. The largest absolute Gasteiger partial charge is 0.496 e. The van der Waals surface area contributed by atoms with Gasteiger partial charge in [0.15, 0.2) is 5.65 Å². The van der Waals surface area contributed by atoms with E-state index in [1.807, 2.05) is 70.6 Å². The van der Waals surface area contributed by atoms with Crippen LogP contribution in [0.4, 0.5) is 5.82 Å². The lowest BCUT2D eigenvalue weighted by Crippen LogP contribution is -2.23. The first-order valence-corrected chi connectivity index (χ1v) is 11.0. The van der Waals surface area contributed by atoms with Crippen molar-refractivity contribution in [3.8, 4) is 5.75 Å². The summed E-state index contributed by atoms with van der Waals surface area (Å²) in [7, 11) is 1.63. The van der Waals surface area contributed by atoms with E-state index in [0.717, 1.165) is 21.7 Å². The standard InChI is InChI=1S/C24H21N5O2S/c1-31-19-11-5-2-7-15(19)14-29-22(25)20(24(30)26-13-16-8-6-12-32-16)21-23(29)28-18-10-4-3-9-17(18)27-21/h2-12H,13-14,25H2,1H3,(H,26,30). The Kier molecular flexibility index (Phi) is 5.20. The zero-order valence-electron chi connectivity index (χ0n) is 17.4. The molecule has 0 atom stereocenters. The minimum Gasteiger partial charge on any atom is -0.496 e. The van der Waals surface area contributed by atoms with Crippen molar-refractivity contribution in [3.63, 3.8) is 0 Å². The van der Waals surface area contributed by atoms with Crippen molar-refractivity contribution in [1.82, 2.24) is 19.9 Å². The van der Waals surface area contributed by atoms with E-state index in [2.05, 4.69) is 5.32 Å². The number of amides is 1. The minimum atomic E-state index is -0.274. The number of carbonyl (C=O) groups excluding carboxylic acids is 1. The summed E-state index contributed by atoms with van der Waals surface area (Å²) in [6.45, 7) is 0.827. The van der Waals surface area contributed by atoms with Crippen LogP contribution in [0.15, 0.2) is 66.0 Å². The number of aromatic nitrogens is 3. The van der Waals surface area contributed by atoms with Crippen LogP contribution in [0.2, 0.25) is 0 Å². The molecule has 0 saturated carbocycles. The molecule has 0 aliphatic carbocycles. The normalized spacial score (nSPS) is 11.2. The predicted octanol–water partition coefficient (Wildman–Crippen LogP) is 4.22. The van der Waals surface area contributed by atoms with Gasteiger partial charge in [-0.1, -0.05) is 36.4 Å². The van der Waals surface area contributed by atoms with Crippen LogP contribution in [0, 0.1) is 0 Å². The molecule has 32 heavy (non-hydrogen) atoms. The van der Waals surface area contributed by atoms with Gasteiger partial charge in [-0.05, 0) is 29.6 Å². The molecular formula is C24H21N5O2S. The van der Waals surface area contributed by atoms with Gasteiger partial charge in [0, 0.05) is 10.4 Å². The van der Waals surface area contributed by atoms with Gasteiger partial charge in [0.25, 0.3) is 5.91 Å². The summed E-state index contributed by atoms with van der Waals surface area (Å²) in [5.41, 5.74) is 10.3. The molecule has 2 aromatic carbocycles. The molecule has 0 spiro atoms. The van der Waals surface area contributed by atoms with Crippen LogP contribution in [0.5, 0.6) is 5.75 Å². The lowest BCUT2D eigenvalue weighted by molar-refractivity contribution is 0.0953. The van der Waals surface area contributed by atoms with Crippen LogP contribution >= 0.6 is 11.3 Å². The Morgan fingerprint density at radius 1 is 1.06 bits per heavy atom. The predicted molar refractivity (Wildman–Crippen MR) is 127 cm³/mol. The molecule has 8 heteroatoms. The van der Waals surface area contributed by atoms with E-state index in [9.17, 15) is 4.79 Å². The Balaban J connectivity index is 1.64. The van der Waals surface area contributed by atoms with Gasteiger partial charge in [-0.2, -0.15) is 0 Å². The molecule has 5 aromatic rings. The molecule has 3 N–H and O–H groups in total. The van der Waals surface area contributed by atoms with Crippen LogP contribution in [-0.2, 0) is 13.1 Å². The first kappa shape index (κ1) is 20.0. The molecule has 0 unspecified atom stereocenters. The summed E-state index contributed by atoms with van der Waals surface area (Å²) in [4.78, 5) is 23.8. The summed E-state index contributed by atoms with van der Waals surface area (Å²) in [6.07, 6.45) is 0. The number of rotatable bonds is 6. The summed E-state index contributed by atoms with van der Waals surface area (Å²) >= 11 is 1.59. The van der Waals surface area contributed by atoms with Crippen LogP contribution in [-0.4, -0.2) is 27.6 Å². The van der Waals surface area contributed by atoms with E-state index in [1.54, 1.807) is 18.4 Å². The van der Waals surface area contributed by atoms with Gasteiger partial charge in [0.05, 0.1) is 31.2 Å². The molecule has 0 radical (unpaired) electrons. The Morgan fingerprint density at radius 3 is 2.56 bits per heavy atom. The molecule has 5 rings (SSSR count). The first-order chi connectivity index (χ1) is 15.7. The number of nitrogens with zero attached hydrogens (tertiary/aromatic N) is 3. The van der Waals surface area contributed by atoms with Crippen molar-refractivity contribution in [2.75, 3.05) is 12.8 Å². The molecule has 7 nitrogen and oxygen atoms in total. The number of hydrogen-bond donors (Lipinski definition) is 2. The van der Waals surface area contributed by atoms with Crippen LogP contribution in [0.3, 0.4) is 0 Å². The number of hydrogen-bond acceptors (Lipinski definition) is 6. The monoisotopic (exact) mass is 443 g/mol. The van der Waals surface area contributed by atoms with Gasteiger partial charge >= 0.3 is 0 Å². The fourth-order valence-electron chi connectivity index (χ4n) is 3.77. The van der Waals surface area contributed by atoms with Crippen molar-refractivity contribution in [3.05, 3.63) is 82.0 Å². The van der Waals surface area contributed by atoms with Gasteiger partial charge in [-0.15, -0.1) is 11.3 Å². The van der Waals surface area contributed by atoms with E-state index < -0.39 is 0 Å². The highest BCUT2D eigenvalue weighted by Gasteiger charge is 2.24. The average Bonchev–Trinajstić information content (AvgIpc) is 3.43. The van der Waals surface area contributed by atoms with Crippen LogP contribution in [0.25, 0.3) is 22.2 Å². The van der Waals surface area contributed by atoms with Gasteiger partial charge in [0.2, 0.25) is 0 Å². The number of benzene rings is 2. The number of nitrogens with one attached hydrogen (secondary N) is 1. The number of carbonyl (C=O) groups is 1. The number of fused-ring (bicyclic) bond motifs is 2. The third kappa shape index (κ3) is 3.54. The summed E-state index contributed by atoms with van der Waals surface area (Å²) < 4.78 is 7.33. The molecule has 0 fully saturated rings. The van der Waals surface area contributed by atoms with Crippen molar-refractivity contribution >= 4 is 45.3 Å². The fraction of sp³-hybridized carbons (Fsp3) is 0.125. The number of thiophene rings is 1. The Morgan fingerprint density at radius 2 is 1.81 bits per heavy atom. The third-order valence-corrected chi connectivity index (χ3v) is 6.22. The van der Waals surface area contributed by atoms with E-state index in [-0.39, 0.29) is 5.91 Å². The second kappa shape index (κ2) is 8.32. The van der Waals surface area contributed by atoms with Crippen molar-refractivity contribution in [1.29, 1.82) is 0 Å². The maximum Gasteiger partial charge on any atom is 0.257 e. The van der Waals surface area contributed by atoms with E-state index >= 15 is 0 Å². The molecule has 160 valence electrons. The van der Waals surface area contributed by atoms with Crippen molar-refractivity contribution in [2.45, 2.75) is 13.1 Å². The van der Waals surface area contributed by atoms with Crippen molar-refractivity contribution in [2.24, 2.45) is 0 Å². The Hall–Kier alpha value is -3.91. The SMILES string of the molecule is COc1ccccc1Cn1c(N)c(C(=O)NCc2cccs2)c2nc3ccccc3nc21. The zero-order chi connectivity index (χ0) is 22.1. The zero-order valence-corrected chi connectivity index (χ0v) is 18.2. The number of nitrogens with two attached hydrogens (primary N) is 1. The Bertz CT molecular complexity index is 1430. The molecule has 0 bridgehead atoms. The molecule has 0 aliphatic rings. The second-order valence-corrected chi connectivity index (χ2v) is 8.34. The first-order valence-electron chi connectivity index (χ1n) is 10.1. The van der Waals surface area contributed by atoms with Gasteiger partial charge in [0.1, 0.15) is 22.6 Å². The number of ether oxygens (including phenoxy) is 1. The van der Waals surface area contributed by atoms with Gasteiger partial charge in [-0.25, -0.2) is 9.97 Å². The molecule has 0 aliphatic heterocycles. The van der Waals surface area contributed by atoms with Crippen LogP contribution < -0.4 is 15.8 Å². The molecule has 3 aromatic heterocycles.